The van der Waals surface area contributed by atoms with Crippen molar-refractivity contribution in [1.29, 1.82) is 0 Å². The van der Waals surface area contributed by atoms with E-state index in [4.69, 9.17) is 0 Å². The zero-order valence-electron chi connectivity index (χ0n) is 13.0. The minimum Gasteiger partial charge on any atom is -0.311 e. The predicted molar refractivity (Wildman–Crippen MR) is 82.8 cm³/mol. The molecule has 2 heterocycles. The molecule has 2 aliphatic heterocycles. The van der Waals surface area contributed by atoms with Gasteiger partial charge in [0.25, 0.3) is 0 Å². The summed E-state index contributed by atoms with van der Waals surface area (Å²) < 4.78 is 23.0. The third-order valence-electron chi connectivity index (χ3n) is 4.62. The summed E-state index contributed by atoms with van der Waals surface area (Å²) in [6.07, 6.45) is 0.774. The first kappa shape index (κ1) is 16.2. The minimum absolute atomic E-state index is 0.161. The first-order valence-corrected chi connectivity index (χ1v) is 9.56. The number of nitrogens with zero attached hydrogens (tertiary/aromatic N) is 2. The maximum absolute atomic E-state index is 11.5. The van der Waals surface area contributed by atoms with Crippen LogP contribution in [0.1, 0.15) is 20.3 Å². The van der Waals surface area contributed by atoms with Gasteiger partial charge in [-0.25, -0.2) is 8.42 Å². The lowest BCUT2D eigenvalue weighted by atomic mass is 10.0. The summed E-state index contributed by atoms with van der Waals surface area (Å²) in [6.45, 7) is 9.91. The highest BCUT2D eigenvalue weighted by molar-refractivity contribution is 7.91. The molecule has 2 saturated heterocycles. The van der Waals surface area contributed by atoms with Gasteiger partial charge in [0, 0.05) is 44.8 Å². The molecule has 0 saturated carbocycles. The highest BCUT2D eigenvalue weighted by atomic mass is 32.2. The Morgan fingerprint density at radius 3 is 2.35 bits per heavy atom. The van der Waals surface area contributed by atoms with Gasteiger partial charge in [-0.3, -0.25) is 4.90 Å². The molecule has 6 heteroatoms. The van der Waals surface area contributed by atoms with Crippen LogP contribution in [0, 0.1) is 5.92 Å². The van der Waals surface area contributed by atoms with E-state index in [1.54, 1.807) is 0 Å². The Labute approximate surface area is 123 Å². The van der Waals surface area contributed by atoms with Crippen LogP contribution < -0.4 is 5.32 Å². The smallest absolute Gasteiger partial charge is 0.151 e. The zero-order valence-corrected chi connectivity index (χ0v) is 13.8. The third kappa shape index (κ3) is 4.41. The maximum Gasteiger partial charge on any atom is 0.151 e. The van der Waals surface area contributed by atoms with Crippen LogP contribution >= 0.6 is 0 Å². The Morgan fingerprint density at radius 2 is 1.85 bits per heavy atom. The molecule has 0 bridgehead atoms. The lowest BCUT2D eigenvalue weighted by Gasteiger charge is -2.40. The number of hydrogen-bond acceptors (Lipinski definition) is 5. The van der Waals surface area contributed by atoms with Gasteiger partial charge in [0.05, 0.1) is 11.5 Å². The standard InChI is InChI=1S/C14H29N3O2S/c1-12(2)14(17-7-5-16(3)6-8-17)10-15-13-4-9-20(18,19)11-13/h12-15H,4-11H2,1-3H3. The average Bonchev–Trinajstić information content (AvgIpc) is 2.71. The second-order valence-electron chi connectivity index (χ2n) is 6.66. The topological polar surface area (TPSA) is 52.7 Å². The minimum atomic E-state index is -2.78. The normalized spacial score (nSPS) is 29.9. The zero-order chi connectivity index (χ0) is 14.8. The highest BCUT2D eigenvalue weighted by Gasteiger charge is 2.30. The van der Waals surface area contributed by atoms with Crippen LogP contribution in [0.5, 0.6) is 0 Å². The monoisotopic (exact) mass is 303 g/mol. The van der Waals surface area contributed by atoms with Crippen LogP contribution in [-0.4, -0.2) is 81.6 Å². The molecule has 2 aliphatic rings. The van der Waals surface area contributed by atoms with Gasteiger partial charge < -0.3 is 10.2 Å². The van der Waals surface area contributed by atoms with Crippen LogP contribution in [0.2, 0.25) is 0 Å². The molecule has 0 aromatic rings. The number of nitrogens with one attached hydrogen (secondary N) is 1. The summed E-state index contributed by atoms with van der Waals surface area (Å²) in [4.78, 5) is 4.92. The molecule has 0 spiro atoms. The Bertz CT molecular complexity index is 403. The summed E-state index contributed by atoms with van der Waals surface area (Å²) in [5, 5.41) is 3.49. The second-order valence-corrected chi connectivity index (χ2v) is 8.89. The summed E-state index contributed by atoms with van der Waals surface area (Å²) >= 11 is 0. The van der Waals surface area contributed by atoms with Crippen molar-refractivity contribution in [2.24, 2.45) is 5.92 Å². The average molecular weight is 303 g/mol. The van der Waals surface area contributed by atoms with E-state index in [1.165, 1.54) is 0 Å². The van der Waals surface area contributed by atoms with Crippen LogP contribution in [0.25, 0.3) is 0 Å². The van der Waals surface area contributed by atoms with Gasteiger partial charge in [0.15, 0.2) is 9.84 Å². The molecule has 2 unspecified atom stereocenters. The molecule has 0 amide bonds. The fraction of sp³-hybridized carbons (Fsp3) is 1.00. The van der Waals surface area contributed by atoms with Crippen molar-refractivity contribution in [3.63, 3.8) is 0 Å². The van der Waals surface area contributed by atoms with Gasteiger partial charge in [-0.15, -0.1) is 0 Å². The molecule has 2 atom stereocenters. The lowest BCUT2D eigenvalue weighted by Crippen LogP contribution is -2.54. The van der Waals surface area contributed by atoms with E-state index in [0.29, 0.717) is 23.5 Å². The molecular formula is C14H29N3O2S. The van der Waals surface area contributed by atoms with E-state index in [1.807, 2.05) is 0 Å². The third-order valence-corrected chi connectivity index (χ3v) is 6.39. The Balaban J connectivity index is 1.84. The first-order valence-electron chi connectivity index (χ1n) is 7.74. The summed E-state index contributed by atoms with van der Waals surface area (Å²) in [6, 6.07) is 0.667. The van der Waals surface area contributed by atoms with E-state index < -0.39 is 9.84 Å². The number of sulfone groups is 1. The fourth-order valence-corrected chi connectivity index (χ4v) is 4.89. The molecule has 20 heavy (non-hydrogen) atoms. The number of rotatable bonds is 5. The van der Waals surface area contributed by atoms with Crippen molar-refractivity contribution < 1.29 is 8.42 Å². The van der Waals surface area contributed by atoms with Crippen LogP contribution in [0.4, 0.5) is 0 Å². The molecule has 5 nitrogen and oxygen atoms in total. The van der Waals surface area contributed by atoms with Crippen LogP contribution in [0.3, 0.4) is 0 Å². The van der Waals surface area contributed by atoms with Crippen LogP contribution in [-0.2, 0) is 9.84 Å². The van der Waals surface area contributed by atoms with Gasteiger partial charge in [0.1, 0.15) is 0 Å². The Kier molecular flexibility index (Phi) is 5.45. The molecule has 0 aromatic carbocycles. The SMILES string of the molecule is CC(C)C(CNC1CCS(=O)(=O)C1)N1CCN(C)CC1. The van der Waals surface area contributed by atoms with E-state index >= 15 is 0 Å². The highest BCUT2D eigenvalue weighted by Crippen LogP contribution is 2.15. The molecule has 0 radical (unpaired) electrons. The molecule has 1 N–H and O–H groups in total. The van der Waals surface area contributed by atoms with Gasteiger partial charge in [0.2, 0.25) is 0 Å². The Morgan fingerprint density at radius 1 is 1.20 bits per heavy atom. The molecular weight excluding hydrogens is 274 g/mol. The number of hydrogen-bond donors (Lipinski definition) is 1. The molecule has 2 fully saturated rings. The quantitative estimate of drug-likeness (QED) is 0.777. The lowest BCUT2D eigenvalue weighted by molar-refractivity contribution is 0.0864. The predicted octanol–water partition coefficient (Wildman–Crippen LogP) is 0.0351. The van der Waals surface area contributed by atoms with Crippen LogP contribution in [0.15, 0.2) is 0 Å². The molecule has 2 rings (SSSR count). The largest absolute Gasteiger partial charge is 0.311 e. The van der Waals surface area contributed by atoms with Crippen molar-refractivity contribution >= 4 is 9.84 Å². The number of piperazine rings is 1. The van der Waals surface area contributed by atoms with Crippen molar-refractivity contribution in [2.45, 2.75) is 32.4 Å². The fourth-order valence-electron chi connectivity index (χ4n) is 3.18. The summed E-state index contributed by atoms with van der Waals surface area (Å²) in [5.41, 5.74) is 0. The maximum atomic E-state index is 11.5. The van der Waals surface area contributed by atoms with Gasteiger partial charge in [-0.2, -0.15) is 0 Å². The summed E-state index contributed by atoms with van der Waals surface area (Å²) in [7, 11) is -0.609. The first-order chi connectivity index (χ1) is 9.37. The van der Waals surface area contributed by atoms with E-state index in [0.717, 1.165) is 39.1 Å². The van der Waals surface area contributed by atoms with Gasteiger partial charge in [-0.05, 0) is 19.4 Å². The molecule has 118 valence electrons. The van der Waals surface area contributed by atoms with Crippen molar-refractivity contribution in [2.75, 3.05) is 51.3 Å². The van der Waals surface area contributed by atoms with E-state index in [2.05, 4.69) is 36.0 Å². The number of likely N-dealkylation sites (N-methyl/N-ethyl adjacent to an activating group) is 1. The molecule has 0 aromatic heterocycles. The molecule has 0 aliphatic carbocycles. The van der Waals surface area contributed by atoms with Crippen molar-refractivity contribution in [1.82, 2.24) is 15.1 Å². The second kappa shape index (κ2) is 6.73. The Hall–Kier alpha value is -0.170. The van der Waals surface area contributed by atoms with E-state index in [9.17, 15) is 8.42 Å². The van der Waals surface area contributed by atoms with E-state index in [-0.39, 0.29) is 6.04 Å². The summed E-state index contributed by atoms with van der Waals surface area (Å²) in [5.74, 6) is 1.26. The van der Waals surface area contributed by atoms with Gasteiger partial charge in [-0.1, -0.05) is 13.8 Å². The van der Waals surface area contributed by atoms with Crippen molar-refractivity contribution in [3.05, 3.63) is 0 Å². The van der Waals surface area contributed by atoms with Gasteiger partial charge >= 0.3 is 0 Å². The van der Waals surface area contributed by atoms with Crippen molar-refractivity contribution in [3.8, 4) is 0 Å².